The minimum Gasteiger partial charge on any atom is -0.444 e. The van der Waals surface area contributed by atoms with Gasteiger partial charge >= 0.3 is 6.09 Å². The predicted octanol–water partition coefficient (Wildman–Crippen LogP) is 4.31. The standard InChI is InChI=1S/C20H33N3O3S/c1-6-7-11-16-22-14(2)17(27-16)18(24)23-12-9-8-10-15(23)13-21-19(25)26-20(3,4)5/h15H,6-13H2,1-5H3,(H,21,25). The van der Waals surface area contributed by atoms with Crippen molar-refractivity contribution in [1.82, 2.24) is 15.2 Å². The van der Waals surface area contributed by atoms with Crippen LogP contribution in [0.4, 0.5) is 4.79 Å². The molecule has 1 saturated heterocycles. The highest BCUT2D eigenvalue weighted by atomic mass is 32.1. The molecule has 0 aromatic carbocycles. The van der Waals surface area contributed by atoms with Gasteiger partial charge in [0, 0.05) is 19.1 Å². The van der Waals surface area contributed by atoms with Crippen molar-refractivity contribution < 1.29 is 14.3 Å². The molecular formula is C20H33N3O3S. The van der Waals surface area contributed by atoms with Gasteiger partial charge in [0.05, 0.1) is 10.7 Å². The highest BCUT2D eigenvalue weighted by Crippen LogP contribution is 2.25. The van der Waals surface area contributed by atoms with Gasteiger partial charge in [0.15, 0.2) is 0 Å². The largest absolute Gasteiger partial charge is 0.444 e. The van der Waals surface area contributed by atoms with Gasteiger partial charge in [-0.2, -0.15) is 0 Å². The van der Waals surface area contributed by atoms with Gasteiger partial charge in [0.1, 0.15) is 10.5 Å². The Morgan fingerprint density at radius 3 is 2.74 bits per heavy atom. The van der Waals surface area contributed by atoms with E-state index in [1.165, 1.54) is 11.3 Å². The molecule has 0 aliphatic carbocycles. The molecule has 2 heterocycles. The van der Waals surface area contributed by atoms with E-state index in [-0.39, 0.29) is 11.9 Å². The number of aromatic nitrogens is 1. The Bertz CT molecular complexity index is 651. The summed E-state index contributed by atoms with van der Waals surface area (Å²) in [6, 6.07) is -0.000592. The fourth-order valence-electron chi connectivity index (χ4n) is 3.21. The number of thiazole rings is 1. The summed E-state index contributed by atoms with van der Waals surface area (Å²) in [5.74, 6) is 0.0448. The van der Waals surface area contributed by atoms with Crippen molar-refractivity contribution in [3.63, 3.8) is 0 Å². The third-order valence-electron chi connectivity index (χ3n) is 4.55. The summed E-state index contributed by atoms with van der Waals surface area (Å²) in [7, 11) is 0. The molecule has 1 aliphatic rings. The van der Waals surface area contributed by atoms with Crippen LogP contribution in [0.25, 0.3) is 0 Å². The molecule has 152 valence electrons. The molecule has 0 bridgehead atoms. The zero-order valence-electron chi connectivity index (χ0n) is 17.3. The number of hydrogen-bond acceptors (Lipinski definition) is 5. The molecule has 1 atom stereocenters. The van der Waals surface area contributed by atoms with E-state index in [0.717, 1.165) is 60.6 Å². The van der Waals surface area contributed by atoms with Crippen LogP contribution in [-0.4, -0.2) is 46.6 Å². The van der Waals surface area contributed by atoms with Crippen LogP contribution in [0.5, 0.6) is 0 Å². The number of amides is 2. The number of unbranched alkanes of at least 4 members (excludes halogenated alkanes) is 1. The number of piperidine rings is 1. The predicted molar refractivity (Wildman–Crippen MR) is 108 cm³/mol. The second-order valence-corrected chi connectivity index (χ2v) is 9.24. The molecule has 27 heavy (non-hydrogen) atoms. The van der Waals surface area contributed by atoms with E-state index in [9.17, 15) is 9.59 Å². The molecule has 7 heteroatoms. The van der Waals surface area contributed by atoms with Crippen molar-refractivity contribution in [2.75, 3.05) is 13.1 Å². The fraction of sp³-hybridized carbons (Fsp3) is 0.750. The molecule has 1 aromatic rings. The first-order valence-corrected chi connectivity index (χ1v) is 10.8. The lowest BCUT2D eigenvalue weighted by Gasteiger charge is -2.35. The van der Waals surface area contributed by atoms with Gasteiger partial charge in [0.25, 0.3) is 5.91 Å². The number of nitrogens with zero attached hydrogens (tertiary/aromatic N) is 2. The third-order valence-corrected chi connectivity index (χ3v) is 5.75. The highest BCUT2D eigenvalue weighted by Gasteiger charge is 2.30. The summed E-state index contributed by atoms with van der Waals surface area (Å²) in [6.07, 6.45) is 5.65. The van der Waals surface area contributed by atoms with E-state index < -0.39 is 11.7 Å². The van der Waals surface area contributed by atoms with Crippen LogP contribution >= 0.6 is 11.3 Å². The molecule has 0 saturated carbocycles. The Kier molecular flexibility index (Phi) is 7.65. The van der Waals surface area contributed by atoms with Gasteiger partial charge in [-0.1, -0.05) is 13.3 Å². The summed E-state index contributed by atoms with van der Waals surface area (Å²) in [6.45, 7) is 10.7. The first kappa shape index (κ1) is 21.7. The SMILES string of the molecule is CCCCc1nc(C)c(C(=O)N2CCCCC2CNC(=O)OC(C)(C)C)s1. The zero-order valence-corrected chi connectivity index (χ0v) is 18.1. The van der Waals surface area contributed by atoms with E-state index in [2.05, 4.69) is 17.2 Å². The maximum absolute atomic E-state index is 13.1. The maximum Gasteiger partial charge on any atom is 0.407 e. The number of carbonyl (C=O) groups is 2. The second kappa shape index (κ2) is 9.53. The molecule has 2 amide bonds. The number of hydrogen-bond donors (Lipinski definition) is 1. The number of rotatable bonds is 6. The van der Waals surface area contributed by atoms with Crippen molar-refractivity contribution in [2.45, 2.75) is 84.8 Å². The van der Waals surface area contributed by atoms with Crippen molar-refractivity contribution >= 4 is 23.3 Å². The van der Waals surface area contributed by atoms with Crippen LogP contribution in [-0.2, 0) is 11.2 Å². The van der Waals surface area contributed by atoms with Gasteiger partial charge in [-0.25, -0.2) is 9.78 Å². The van der Waals surface area contributed by atoms with Gasteiger partial charge in [0.2, 0.25) is 0 Å². The van der Waals surface area contributed by atoms with Crippen LogP contribution in [0.3, 0.4) is 0 Å². The minimum atomic E-state index is -0.527. The van der Waals surface area contributed by atoms with Crippen LogP contribution in [0, 0.1) is 6.92 Å². The van der Waals surface area contributed by atoms with Gasteiger partial charge in [-0.15, -0.1) is 11.3 Å². The lowest BCUT2D eigenvalue weighted by Crippen LogP contribution is -2.50. The monoisotopic (exact) mass is 395 g/mol. The smallest absolute Gasteiger partial charge is 0.407 e. The average molecular weight is 396 g/mol. The van der Waals surface area contributed by atoms with E-state index >= 15 is 0 Å². The Hall–Kier alpha value is -1.63. The van der Waals surface area contributed by atoms with Crippen LogP contribution in [0.1, 0.15) is 80.2 Å². The Morgan fingerprint density at radius 2 is 2.07 bits per heavy atom. The fourth-order valence-corrected chi connectivity index (χ4v) is 4.27. The molecule has 1 N–H and O–H groups in total. The number of carbonyl (C=O) groups excluding carboxylic acids is 2. The van der Waals surface area contributed by atoms with Gasteiger partial charge in [-0.05, 0) is 59.8 Å². The van der Waals surface area contributed by atoms with Crippen LogP contribution in [0.15, 0.2) is 0 Å². The quantitative estimate of drug-likeness (QED) is 0.779. The number of ether oxygens (including phenoxy) is 1. The molecule has 1 aromatic heterocycles. The van der Waals surface area contributed by atoms with Crippen molar-refractivity contribution in [3.05, 3.63) is 15.6 Å². The number of nitrogens with one attached hydrogen (secondary N) is 1. The molecule has 0 spiro atoms. The van der Waals surface area contributed by atoms with Crippen molar-refractivity contribution in [2.24, 2.45) is 0 Å². The normalized spacial score (nSPS) is 17.7. The minimum absolute atomic E-state index is 0.000592. The first-order valence-electron chi connectivity index (χ1n) is 9.95. The Morgan fingerprint density at radius 1 is 1.33 bits per heavy atom. The molecule has 1 unspecified atom stereocenters. The lowest BCUT2D eigenvalue weighted by atomic mass is 10.0. The van der Waals surface area contributed by atoms with Gasteiger partial charge < -0.3 is 15.0 Å². The molecular weight excluding hydrogens is 362 g/mol. The summed E-state index contributed by atoms with van der Waals surface area (Å²) in [4.78, 5) is 32.3. The number of alkyl carbamates (subject to hydrolysis) is 1. The zero-order chi connectivity index (χ0) is 20.0. The first-order chi connectivity index (χ1) is 12.7. The second-order valence-electron chi connectivity index (χ2n) is 8.16. The van der Waals surface area contributed by atoms with E-state index in [0.29, 0.717) is 6.54 Å². The van der Waals surface area contributed by atoms with Gasteiger partial charge in [-0.3, -0.25) is 4.79 Å². The molecule has 0 radical (unpaired) electrons. The molecule has 2 rings (SSSR count). The number of likely N-dealkylation sites (tertiary alicyclic amines) is 1. The summed E-state index contributed by atoms with van der Waals surface area (Å²) in [5, 5.41) is 3.87. The molecule has 6 nitrogen and oxygen atoms in total. The van der Waals surface area contributed by atoms with Crippen molar-refractivity contribution in [3.8, 4) is 0 Å². The van der Waals surface area contributed by atoms with Crippen molar-refractivity contribution in [1.29, 1.82) is 0 Å². The average Bonchev–Trinajstić information content (AvgIpc) is 2.97. The number of aryl methyl sites for hydroxylation is 2. The highest BCUT2D eigenvalue weighted by molar-refractivity contribution is 7.13. The topological polar surface area (TPSA) is 71.5 Å². The maximum atomic E-state index is 13.1. The molecule has 1 fully saturated rings. The summed E-state index contributed by atoms with van der Waals surface area (Å²) in [5.41, 5.74) is 0.293. The molecule has 1 aliphatic heterocycles. The van der Waals surface area contributed by atoms with Crippen LogP contribution < -0.4 is 5.32 Å². The summed E-state index contributed by atoms with van der Waals surface area (Å²) < 4.78 is 5.31. The van der Waals surface area contributed by atoms with E-state index in [1.807, 2.05) is 32.6 Å². The van der Waals surface area contributed by atoms with Crippen LogP contribution in [0.2, 0.25) is 0 Å². The van der Waals surface area contributed by atoms with E-state index in [1.54, 1.807) is 0 Å². The lowest BCUT2D eigenvalue weighted by molar-refractivity contribution is 0.0463. The Labute approximate surface area is 166 Å². The Balaban J connectivity index is 2.02. The van der Waals surface area contributed by atoms with E-state index in [4.69, 9.17) is 4.74 Å². The summed E-state index contributed by atoms with van der Waals surface area (Å²) >= 11 is 1.52. The third kappa shape index (κ3) is 6.48.